The van der Waals surface area contributed by atoms with E-state index in [4.69, 9.17) is 9.84 Å². The summed E-state index contributed by atoms with van der Waals surface area (Å²) in [6, 6.07) is 0. The summed E-state index contributed by atoms with van der Waals surface area (Å²) in [7, 11) is 0. The zero-order valence-corrected chi connectivity index (χ0v) is 8.53. The number of aliphatic hydroxyl groups is 1. The number of rotatable bonds is 3. The van der Waals surface area contributed by atoms with Crippen LogP contribution < -0.4 is 0 Å². The van der Waals surface area contributed by atoms with Gasteiger partial charge in [0.25, 0.3) is 0 Å². The third-order valence-corrected chi connectivity index (χ3v) is 2.93. The van der Waals surface area contributed by atoms with Crippen LogP contribution in [-0.2, 0) is 9.53 Å². The molecule has 0 spiro atoms. The maximum absolute atomic E-state index is 10.9. The molecule has 1 aliphatic heterocycles. The van der Waals surface area contributed by atoms with Crippen LogP contribution in [0.25, 0.3) is 0 Å². The Kier molecular flexibility index (Phi) is 3.89. The van der Waals surface area contributed by atoms with Gasteiger partial charge in [-0.3, -0.25) is 4.79 Å². The zero-order valence-electron chi connectivity index (χ0n) is 8.53. The van der Waals surface area contributed by atoms with E-state index in [2.05, 4.69) is 0 Å². The Morgan fingerprint density at radius 3 is 2.79 bits per heavy atom. The van der Waals surface area contributed by atoms with Crippen molar-refractivity contribution in [2.24, 2.45) is 5.92 Å². The van der Waals surface area contributed by atoms with Gasteiger partial charge in [-0.1, -0.05) is 6.92 Å². The van der Waals surface area contributed by atoms with Crippen LogP contribution in [0.3, 0.4) is 0 Å². The van der Waals surface area contributed by atoms with Crippen LogP contribution in [-0.4, -0.2) is 35.0 Å². The average Bonchev–Trinajstić information content (AvgIpc) is 2.31. The molecule has 82 valence electrons. The lowest BCUT2D eigenvalue weighted by atomic mass is 9.80. The minimum absolute atomic E-state index is 0.428. The van der Waals surface area contributed by atoms with Gasteiger partial charge in [0.15, 0.2) is 0 Å². The average molecular weight is 202 g/mol. The Balaban J connectivity index is 2.72. The predicted octanol–water partition coefficient (Wildman–Crippen LogP) is 1.03. The highest BCUT2D eigenvalue weighted by Crippen LogP contribution is 2.31. The Morgan fingerprint density at radius 1 is 1.50 bits per heavy atom. The second kappa shape index (κ2) is 4.75. The molecule has 14 heavy (non-hydrogen) atoms. The molecule has 0 aromatic carbocycles. The molecule has 4 heteroatoms. The van der Waals surface area contributed by atoms with E-state index in [1.54, 1.807) is 6.92 Å². The lowest BCUT2D eigenvalue weighted by molar-refractivity contribution is -0.153. The highest BCUT2D eigenvalue weighted by atomic mass is 16.5. The van der Waals surface area contributed by atoms with Crippen LogP contribution >= 0.6 is 0 Å². The molecular weight excluding hydrogens is 184 g/mol. The Labute approximate surface area is 83.9 Å². The Hall–Kier alpha value is -0.610. The lowest BCUT2D eigenvalue weighted by Gasteiger charge is -2.31. The van der Waals surface area contributed by atoms with Crippen molar-refractivity contribution < 1.29 is 19.7 Å². The topological polar surface area (TPSA) is 66.8 Å². The van der Waals surface area contributed by atoms with Crippen molar-refractivity contribution in [3.05, 3.63) is 0 Å². The summed E-state index contributed by atoms with van der Waals surface area (Å²) < 4.78 is 5.21. The van der Waals surface area contributed by atoms with E-state index in [9.17, 15) is 9.90 Å². The molecule has 2 unspecified atom stereocenters. The van der Waals surface area contributed by atoms with Crippen molar-refractivity contribution in [1.82, 2.24) is 0 Å². The maximum atomic E-state index is 10.9. The van der Waals surface area contributed by atoms with E-state index in [1.807, 2.05) is 0 Å². The highest BCUT2D eigenvalue weighted by Gasteiger charge is 2.40. The summed E-state index contributed by atoms with van der Waals surface area (Å²) in [6.45, 7) is 2.88. The van der Waals surface area contributed by atoms with Crippen LogP contribution in [0.1, 0.15) is 32.6 Å². The second-order valence-electron chi connectivity index (χ2n) is 3.87. The van der Waals surface area contributed by atoms with Gasteiger partial charge < -0.3 is 14.9 Å². The van der Waals surface area contributed by atoms with E-state index in [0.29, 0.717) is 32.5 Å². The molecule has 0 aliphatic carbocycles. The quantitative estimate of drug-likeness (QED) is 0.717. The first-order valence-corrected chi connectivity index (χ1v) is 5.13. The van der Waals surface area contributed by atoms with Crippen molar-refractivity contribution in [1.29, 1.82) is 0 Å². The predicted molar refractivity (Wildman–Crippen MR) is 51.0 cm³/mol. The second-order valence-corrected chi connectivity index (χ2v) is 3.87. The summed E-state index contributed by atoms with van der Waals surface area (Å²) in [4.78, 5) is 10.9. The lowest BCUT2D eigenvalue weighted by Crippen LogP contribution is -2.42. The highest BCUT2D eigenvalue weighted by molar-refractivity contribution is 5.71. The third-order valence-electron chi connectivity index (χ3n) is 2.93. The summed E-state index contributed by atoms with van der Waals surface area (Å²) in [5, 5.41) is 19.2. The fourth-order valence-electron chi connectivity index (χ4n) is 2.09. The van der Waals surface area contributed by atoms with E-state index in [1.165, 1.54) is 0 Å². The van der Waals surface area contributed by atoms with Crippen molar-refractivity contribution in [2.45, 2.75) is 38.2 Å². The number of hydrogen-bond donors (Lipinski definition) is 2. The molecule has 1 saturated heterocycles. The third kappa shape index (κ3) is 2.45. The fraction of sp³-hybridized carbons (Fsp3) is 0.900. The van der Waals surface area contributed by atoms with Gasteiger partial charge in [-0.15, -0.1) is 0 Å². The number of carbonyl (C=O) groups is 1. The van der Waals surface area contributed by atoms with E-state index in [-0.39, 0.29) is 0 Å². The number of hydrogen-bond acceptors (Lipinski definition) is 3. The van der Waals surface area contributed by atoms with Crippen LogP contribution in [0.5, 0.6) is 0 Å². The summed E-state index contributed by atoms with van der Waals surface area (Å²) in [5.74, 6) is -1.57. The molecule has 0 radical (unpaired) electrons. The molecule has 0 bridgehead atoms. The number of ether oxygens (including phenoxy) is 1. The molecule has 2 N–H and O–H groups in total. The van der Waals surface area contributed by atoms with Gasteiger partial charge in [0, 0.05) is 19.6 Å². The maximum Gasteiger partial charge on any atom is 0.309 e. The first-order valence-electron chi connectivity index (χ1n) is 5.13. The largest absolute Gasteiger partial charge is 0.481 e. The van der Waals surface area contributed by atoms with Gasteiger partial charge >= 0.3 is 5.97 Å². The zero-order chi connectivity index (χ0) is 10.6. The number of carboxylic acids is 1. The van der Waals surface area contributed by atoms with Crippen molar-refractivity contribution in [2.75, 3.05) is 13.2 Å². The summed E-state index contributed by atoms with van der Waals surface area (Å²) in [6.07, 6.45) is 2.15. The number of carboxylic acid groups (broad SMARTS) is 1. The fourth-order valence-corrected chi connectivity index (χ4v) is 2.09. The molecular formula is C10H18O4. The molecule has 0 saturated carbocycles. The Bertz CT molecular complexity index is 194. The van der Waals surface area contributed by atoms with Gasteiger partial charge in [-0.25, -0.2) is 0 Å². The summed E-state index contributed by atoms with van der Waals surface area (Å²) in [5.41, 5.74) is -1.07. The van der Waals surface area contributed by atoms with Crippen molar-refractivity contribution in [3.63, 3.8) is 0 Å². The van der Waals surface area contributed by atoms with Gasteiger partial charge in [0.05, 0.1) is 11.5 Å². The Morgan fingerprint density at radius 2 is 2.21 bits per heavy atom. The standard InChI is InChI=1S/C10H18O4/c1-2-8(9(11)12)10(13)4-3-6-14-7-5-10/h8,13H,2-7H2,1H3,(H,11,12). The van der Waals surface area contributed by atoms with Gasteiger partial charge in [0.2, 0.25) is 0 Å². The van der Waals surface area contributed by atoms with Crippen LogP contribution in [0.15, 0.2) is 0 Å². The minimum atomic E-state index is -1.07. The normalized spacial score (nSPS) is 30.7. The molecule has 1 fully saturated rings. The van der Waals surface area contributed by atoms with E-state index >= 15 is 0 Å². The van der Waals surface area contributed by atoms with E-state index in [0.717, 1.165) is 6.42 Å². The number of aliphatic carboxylic acids is 1. The van der Waals surface area contributed by atoms with Crippen LogP contribution in [0.2, 0.25) is 0 Å². The monoisotopic (exact) mass is 202 g/mol. The van der Waals surface area contributed by atoms with Gasteiger partial charge in [-0.2, -0.15) is 0 Å². The molecule has 1 rings (SSSR count). The van der Waals surface area contributed by atoms with E-state index < -0.39 is 17.5 Å². The molecule has 4 nitrogen and oxygen atoms in total. The molecule has 1 heterocycles. The first kappa shape index (κ1) is 11.5. The van der Waals surface area contributed by atoms with Crippen LogP contribution in [0, 0.1) is 5.92 Å². The molecule has 2 atom stereocenters. The molecule has 0 aromatic heterocycles. The minimum Gasteiger partial charge on any atom is -0.481 e. The van der Waals surface area contributed by atoms with Crippen molar-refractivity contribution in [3.8, 4) is 0 Å². The summed E-state index contributed by atoms with van der Waals surface area (Å²) >= 11 is 0. The SMILES string of the molecule is CCC(C(=O)O)C1(O)CCCOCC1. The van der Waals surface area contributed by atoms with Gasteiger partial charge in [-0.05, 0) is 19.3 Å². The smallest absolute Gasteiger partial charge is 0.309 e. The van der Waals surface area contributed by atoms with Crippen LogP contribution in [0.4, 0.5) is 0 Å². The molecule has 0 aromatic rings. The molecule has 0 amide bonds. The van der Waals surface area contributed by atoms with Gasteiger partial charge in [0.1, 0.15) is 0 Å². The molecule has 1 aliphatic rings. The first-order chi connectivity index (χ1) is 6.60. The van der Waals surface area contributed by atoms with Crippen molar-refractivity contribution >= 4 is 5.97 Å².